The summed E-state index contributed by atoms with van der Waals surface area (Å²) < 4.78 is 0. The Kier molecular flexibility index (Phi) is 5.09. The molecule has 108 valence electrons. The fraction of sp³-hybridized carbons (Fsp3) is 0.250. The van der Waals surface area contributed by atoms with Crippen LogP contribution < -0.4 is 5.73 Å². The lowest BCUT2D eigenvalue weighted by atomic mass is 10.3. The van der Waals surface area contributed by atoms with Gasteiger partial charge in [-0.05, 0) is 31.2 Å². The molecule has 0 fully saturated rings. The predicted octanol–water partition coefficient (Wildman–Crippen LogP) is 2.03. The van der Waals surface area contributed by atoms with Crippen molar-refractivity contribution in [3.63, 3.8) is 0 Å². The average molecular weight is 299 g/mol. The Balaban J connectivity index is 2.07. The number of hydrogen-bond acceptors (Lipinski definition) is 4. The minimum atomic E-state index is -0.0240. The van der Waals surface area contributed by atoms with E-state index in [1.54, 1.807) is 18.0 Å². The molecule has 2 heterocycles. The predicted molar refractivity (Wildman–Crippen MR) is 85.0 cm³/mol. The highest BCUT2D eigenvalue weighted by molar-refractivity contribution is 7.14. The van der Waals surface area contributed by atoms with Crippen molar-refractivity contribution < 1.29 is 4.79 Å². The van der Waals surface area contributed by atoms with E-state index in [1.165, 1.54) is 11.3 Å². The summed E-state index contributed by atoms with van der Waals surface area (Å²) in [5.41, 5.74) is 7.17. The molecule has 0 atom stereocenters. The summed E-state index contributed by atoms with van der Waals surface area (Å²) in [5.74, 6) is 5.70. The lowest BCUT2D eigenvalue weighted by Gasteiger charge is -2.15. The molecule has 0 aliphatic carbocycles. The number of rotatable bonds is 3. The van der Waals surface area contributed by atoms with Crippen LogP contribution in [0.4, 0.5) is 0 Å². The molecule has 5 heteroatoms. The summed E-state index contributed by atoms with van der Waals surface area (Å²) >= 11 is 1.38. The second kappa shape index (κ2) is 7.02. The number of nitrogens with zero attached hydrogens (tertiary/aromatic N) is 2. The van der Waals surface area contributed by atoms with Crippen LogP contribution in [-0.2, 0) is 6.54 Å². The largest absolute Gasteiger partial charge is 0.335 e. The van der Waals surface area contributed by atoms with Crippen molar-refractivity contribution in [2.45, 2.75) is 13.5 Å². The van der Waals surface area contributed by atoms with Crippen molar-refractivity contribution in [1.29, 1.82) is 0 Å². The van der Waals surface area contributed by atoms with Crippen LogP contribution in [0, 0.1) is 18.8 Å². The zero-order valence-corrected chi connectivity index (χ0v) is 12.9. The van der Waals surface area contributed by atoms with Gasteiger partial charge in [0.25, 0.3) is 5.91 Å². The van der Waals surface area contributed by atoms with Crippen molar-refractivity contribution in [2.75, 3.05) is 13.6 Å². The quantitative estimate of drug-likeness (QED) is 0.882. The van der Waals surface area contributed by atoms with Crippen molar-refractivity contribution in [2.24, 2.45) is 5.73 Å². The Morgan fingerprint density at radius 2 is 2.19 bits per heavy atom. The maximum atomic E-state index is 12.4. The van der Waals surface area contributed by atoms with Crippen LogP contribution in [-0.4, -0.2) is 29.4 Å². The summed E-state index contributed by atoms with van der Waals surface area (Å²) in [6, 6.07) is 9.45. The molecule has 0 aliphatic rings. The van der Waals surface area contributed by atoms with Gasteiger partial charge in [0, 0.05) is 12.7 Å². The molecule has 21 heavy (non-hydrogen) atoms. The highest BCUT2D eigenvalue weighted by Crippen LogP contribution is 2.17. The molecule has 0 radical (unpaired) electrons. The number of aryl methyl sites for hydroxylation is 1. The molecule has 0 saturated heterocycles. The SMILES string of the molecule is Cc1cccc(CN(C)C(=O)c2ccc(C#CCN)s2)n1. The van der Waals surface area contributed by atoms with Gasteiger partial charge in [0.2, 0.25) is 0 Å². The first kappa shape index (κ1) is 15.2. The Labute approximate surface area is 128 Å². The van der Waals surface area contributed by atoms with E-state index in [2.05, 4.69) is 16.8 Å². The number of thiophene rings is 1. The van der Waals surface area contributed by atoms with Gasteiger partial charge in [-0.1, -0.05) is 17.9 Å². The molecule has 0 bridgehead atoms. The van der Waals surface area contributed by atoms with E-state index in [1.807, 2.05) is 31.2 Å². The molecular weight excluding hydrogens is 282 g/mol. The number of aromatic nitrogens is 1. The summed E-state index contributed by atoms with van der Waals surface area (Å²) in [4.78, 5) is 20.0. The van der Waals surface area contributed by atoms with Crippen LogP contribution in [0.25, 0.3) is 0 Å². The molecule has 1 amide bonds. The van der Waals surface area contributed by atoms with E-state index in [-0.39, 0.29) is 5.91 Å². The van der Waals surface area contributed by atoms with Crippen LogP contribution in [0.3, 0.4) is 0 Å². The first-order valence-corrected chi connectivity index (χ1v) is 7.38. The van der Waals surface area contributed by atoms with E-state index >= 15 is 0 Å². The number of carbonyl (C=O) groups is 1. The fourth-order valence-electron chi connectivity index (χ4n) is 1.85. The minimum absolute atomic E-state index is 0.0240. The maximum Gasteiger partial charge on any atom is 0.264 e. The van der Waals surface area contributed by atoms with Gasteiger partial charge < -0.3 is 10.6 Å². The normalized spacial score (nSPS) is 9.86. The number of nitrogens with two attached hydrogens (primary N) is 1. The summed E-state index contributed by atoms with van der Waals surface area (Å²) in [7, 11) is 1.78. The molecule has 0 unspecified atom stereocenters. The topological polar surface area (TPSA) is 59.2 Å². The van der Waals surface area contributed by atoms with Gasteiger partial charge in [-0.15, -0.1) is 11.3 Å². The molecule has 2 rings (SSSR count). The second-order valence-corrected chi connectivity index (χ2v) is 5.69. The van der Waals surface area contributed by atoms with Crippen molar-refractivity contribution in [3.05, 3.63) is 51.5 Å². The van der Waals surface area contributed by atoms with Gasteiger partial charge in [0.05, 0.1) is 28.5 Å². The lowest BCUT2D eigenvalue weighted by Crippen LogP contribution is -2.25. The monoisotopic (exact) mass is 299 g/mol. The van der Waals surface area contributed by atoms with Crippen LogP contribution in [0.1, 0.15) is 25.9 Å². The first-order chi connectivity index (χ1) is 10.1. The standard InChI is InChI=1S/C16H17N3OS/c1-12-5-3-6-13(18-12)11-19(2)16(20)15-9-8-14(21-15)7-4-10-17/h3,5-6,8-9H,10-11,17H2,1-2H3. The zero-order valence-electron chi connectivity index (χ0n) is 12.1. The lowest BCUT2D eigenvalue weighted by molar-refractivity contribution is 0.0788. The number of amides is 1. The third kappa shape index (κ3) is 4.15. The van der Waals surface area contributed by atoms with Gasteiger partial charge >= 0.3 is 0 Å². The van der Waals surface area contributed by atoms with Crippen LogP contribution >= 0.6 is 11.3 Å². The highest BCUT2D eigenvalue weighted by Gasteiger charge is 2.14. The third-order valence-electron chi connectivity index (χ3n) is 2.82. The van der Waals surface area contributed by atoms with Crippen LogP contribution in [0.2, 0.25) is 0 Å². The van der Waals surface area contributed by atoms with E-state index in [4.69, 9.17) is 5.73 Å². The van der Waals surface area contributed by atoms with Gasteiger partial charge in [-0.2, -0.15) is 0 Å². The maximum absolute atomic E-state index is 12.4. The van der Waals surface area contributed by atoms with Gasteiger partial charge in [-0.25, -0.2) is 0 Å². The number of hydrogen-bond donors (Lipinski definition) is 1. The van der Waals surface area contributed by atoms with E-state index in [9.17, 15) is 4.79 Å². The van der Waals surface area contributed by atoms with Gasteiger partial charge in [-0.3, -0.25) is 9.78 Å². The number of pyridine rings is 1. The average Bonchev–Trinajstić information content (AvgIpc) is 2.93. The number of carbonyl (C=O) groups excluding carboxylic acids is 1. The third-order valence-corrected chi connectivity index (χ3v) is 3.81. The van der Waals surface area contributed by atoms with Crippen molar-refractivity contribution in [3.8, 4) is 11.8 Å². The molecule has 0 saturated carbocycles. The van der Waals surface area contributed by atoms with E-state index in [0.717, 1.165) is 16.3 Å². The summed E-state index contributed by atoms with van der Waals surface area (Å²) in [6.45, 7) is 2.75. The van der Waals surface area contributed by atoms with Crippen molar-refractivity contribution >= 4 is 17.2 Å². The Morgan fingerprint density at radius 1 is 1.38 bits per heavy atom. The molecule has 2 aromatic rings. The zero-order chi connectivity index (χ0) is 15.2. The molecule has 0 aliphatic heterocycles. The Bertz CT molecular complexity index is 697. The summed E-state index contributed by atoms with van der Waals surface area (Å²) in [6.07, 6.45) is 0. The van der Waals surface area contributed by atoms with Crippen LogP contribution in [0.5, 0.6) is 0 Å². The highest BCUT2D eigenvalue weighted by atomic mass is 32.1. The van der Waals surface area contributed by atoms with Crippen LogP contribution in [0.15, 0.2) is 30.3 Å². The summed E-state index contributed by atoms with van der Waals surface area (Å²) in [5, 5.41) is 0. The molecule has 0 aromatic carbocycles. The molecular formula is C16H17N3OS. The van der Waals surface area contributed by atoms with Gasteiger partial charge in [0.1, 0.15) is 0 Å². The Hall–Kier alpha value is -2.16. The van der Waals surface area contributed by atoms with E-state index in [0.29, 0.717) is 18.0 Å². The Morgan fingerprint density at radius 3 is 2.90 bits per heavy atom. The molecule has 4 nitrogen and oxygen atoms in total. The molecule has 2 aromatic heterocycles. The first-order valence-electron chi connectivity index (χ1n) is 6.57. The molecule has 2 N–H and O–H groups in total. The van der Waals surface area contributed by atoms with Gasteiger partial charge in [0.15, 0.2) is 0 Å². The van der Waals surface area contributed by atoms with Crippen molar-refractivity contribution in [1.82, 2.24) is 9.88 Å². The van der Waals surface area contributed by atoms with E-state index < -0.39 is 0 Å². The minimum Gasteiger partial charge on any atom is -0.335 e. The molecule has 0 spiro atoms. The second-order valence-electron chi connectivity index (χ2n) is 4.60. The fourth-order valence-corrected chi connectivity index (χ4v) is 2.72. The smallest absolute Gasteiger partial charge is 0.264 e.